The molecular weight excluding hydrogens is 468 g/mol. The lowest BCUT2D eigenvalue weighted by molar-refractivity contribution is -0.115. The number of ether oxygens (including phenoxy) is 1. The summed E-state index contributed by atoms with van der Waals surface area (Å²) in [4.78, 5) is 26.5. The molecule has 2 amide bonds. The lowest BCUT2D eigenvalue weighted by Crippen LogP contribution is -2.19. The van der Waals surface area contributed by atoms with E-state index in [0.717, 1.165) is 15.5 Å². The third kappa shape index (κ3) is 6.00. The third-order valence-electron chi connectivity index (χ3n) is 4.81. The monoisotopic (exact) mass is 490 g/mol. The van der Waals surface area contributed by atoms with Crippen molar-refractivity contribution in [1.82, 2.24) is 10.2 Å². The van der Waals surface area contributed by atoms with Crippen LogP contribution in [0, 0.1) is 6.92 Å². The van der Waals surface area contributed by atoms with Crippen LogP contribution in [-0.2, 0) is 4.79 Å². The fraction of sp³-hybridized carbons (Fsp3) is 0.120. The van der Waals surface area contributed by atoms with E-state index in [1.54, 1.807) is 31.4 Å². The smallest absolute Gasteiger partial charge is 0.255 e. The second kappa shape index (κ2) is 11.0. The van der Waals surface area contributed by atoms with Gasteiger partial charge in [0.25, 0.3) is 5.91 Å². The molecule has 7 nitrogen and oxygen atoms in total. The summed E-state index contributed by atoms with van der Waals surface area (Å²) in [6.07, 6.45) is 0. The van der Waals surface area contributed by atoms with Crippen molar-refractivity contribution in [3.63, 3.8) is 0 Å². The zero-order chi connectivity index (χ0) is 23.9. The lowest BCUT2D eigenvalue weighted by atomic mass is 10.1. The number of amides is 2. The summed E-state index contributed by atoms with van der Waals surface area (Å²) in [6.45, 7) is 1.84. The molecule has 1 heterocycles. The number of carbonyl (C=O) groups is 2. The maximum Gasteiger partial charge on any atom is 0.255 e. The summed E-state index contributed by atoms with van der Waals surface area (Å²) in [5, 5.41) is 14.5. The number of methoxy groups -OCH3 is 1. The first-order valence-electron chi connectivity index (χ1n) is 10.4. The first-order chi connectivity index (χ1) is 16.5. The number of aryl methyl sites for hydroxylation is 1. The zero-order valence-corrected chi connectivity index (χ0v) is 20.2. The Hall–Kier alpha value is -3.69. The molecule has 1 atom stereocenters. The molecule has 1 unspecified atom stereocenters. The maximum atomic E-state index is 13.1. The van der Waals surface area contributed by atoms with Crippen LogP contribution in [0.3, 0.4) is 0 Å². The molecule has 0 aliphatic carbocycles. The molecule has 4 aromatic rings. The van der Waals surface area contributed by atoms with E-state index in [0.29, 0.717) is 22.1 Å². The van der Waals surface area contributed by atoms with Gasteiger partial charge in [0.15, 0.2) is 0 Å². The van der Waals surface area contributed by atoms with Crippen LogP contribution in [0.1, 0.15) is 26.2 Å². The molecular formula is C25H22N4O3S2. The van der Waals surface area contributed by atoms with E-state index in [2.05, 4.69) is 20.8 Å². The Morgan fingerprint density at radius 1 is 0.912 bits per heavy atom. The van der Waals surface area contributed by atoms with Gasteiger partial charge in [-0.1, -0.05) is 41.7 Å². The summed E-state index contributed by atoms with van der Waals surface area (Å²) in [7, 11) is 1.58. The first kappa shape index (κ1) is 23.5. The van der Waals surface area contributed by atoms with Crippen molar-refractivity contribution in [2.24, 2.45) is 0 Å². The van der Waals surface area contributed by atoms with E-state index in [-0.39, 0.29) is 11.8 Å². The molecule has 9 heteroatoms. The van der Waals surface area contributed by atoms with Crippen LogP contribution in [0.5, 0.6) is 5.75 Å². The van der Waals surface area contributed by atoms with Crippen molar-refractivity contribution in [1.29, 1.82) is 0 Å². The van der Waals surface area contributed by atoms with E-state index in [1.807, 2.05) is 61.5 Å². The van der Waals surface area contributed by atoms with E-state index in [1.165, 1.54) is 23.1 Å². The Morgan fingerprint density at radius 3 is 2.24 bits per heavy atom. The first-order valence-corrected chi connectivity index (χ1v) is 12.1. The second-order valence-electron chi connectivity index (χ2n) is 7.23. The maximum absolute atomic E-state index is 13.1. The minimum Gasteiger partial charge on any atom is -0.497 e. The summed E-state index contributed by atoms with van der Waals surface area (Å²) < 4.78 is 5.13. The summed E-state index contributed by atoms with van der Waals surface area (Å²) >= 11 is 2.75. The predicted molar refractivity (Wildman–Crippen MR) is 136 cm³/mol. The van der Waals surface area contributed by atoms with Gasteiger partial charge in [0, 0.05) is 16.1 Å². The Kier molecular flexibility index (Phi) is 7.56. The van der Waals surface area contributed by atoms with Crippen molar-refractivity contribution in [2.75, 3.05) is 17.7 Å². The Morgan fingerprint density at radius 2 is 1.62 bits per heavy atom. The molecule has 2 N–H and O–H groups in total. The van der Waals surface area contributed by atoms with Crippen molar-refractivity contribution in [3.05, 3.63) is 95.0 Å². The van der Waals surface area contributed by atoms with Gasteiger partial charge in [-0.25, -0.2) is 0 Å². The van der Waals surface area contributed by atoms with E-state index < -0.39 is 5.25 Å². The van der Waals surface area contributed by atoms with E-state index in [4.69, 9.17) is 4.74 Å². The summed E-state index contributed by atoms with van der Waals surface area (Å²) in [6, 6.07) is 23.9. The largest absolute Gasteiger partial charge is 0.497 e. The molecule has 172 valence electrons. The summed E-state index contributed by atoms with van der Waals surface area (Å²) in [5.74, 6) is 0.303. The van der Waals surface area contributed by atoms with Gasteiger partial charge in [-0.15, -0.1) is 22.0 Å². The highest BCUT2D eigenvalue weighted by Gasteiger charge is 2.23. The van der Waals surface area contributed by atoms with Crippen LogP contribution in [0.2, 0.25) is 0 Å². The van der Waals surface area contributed by atoms with Crippen molar-refractivity contribution >= 4 is 45.7 Å². The second-order valence-corrected chi connectivity index (χ2v) is 9.59. The number of anilines is 2. The van der Waals surface area contributed by atoms with Gasteiger partial charge in [-0.2, -0.15) is 0 Å². The normalized spacial score (nSPS) is 11.5. The number of hydrogen-bond donors (Lipinski definition) is 2. The zero-order valence-electron chi connectivity index (χ0n) is 18.5. The highest BCUT2D eigenvalue weighted by molar-refractivity contribution is 8.00. The van der Waals surface area contributed by atoms with Crippen molar-refractivity contribution in [3.8, 4) is 5.75 Å². The predicted octanol–water partition coefficient (Wildman–Crippen LogP) is 5.58. The number of nitrogens with zero attached hydrogens (tertiary/aromatic N) is 2. The van der Waals surface area contributed by atoms with Crippen LogP contribution in [0.4, 0.5) is 10.8 Å². The van der Waals surface area contributed by atoms with Gasteiger partial charge < -0.3 is 10.1 Å². The third-order valence-corrected chi connectivity index (χ3v) is 6.84. The fourth-order valence-electron chi connectivity index (χ4n) is 3.12. The SMILES string of the molecule is COc1ccc(C(=O)Nc2ccc(SC(C(=O)Nc3nnc(C)s3)c3ccccc3)cc2)cc1. The average molecular weight is 491 g/mol. The van der Waals surface area contributed by atoms with Gasteiger partial charge >= 0.3 is 0 Å². The van der Waals surface area contributed by atoms with E-state index in [9.17, 15) is 9.59 Å². The van der Waals surface area contributed by atoms with Crippen LogP contribution in [-0.4, -0.2) is 29.1 Å². The minimum absolute atomic E-state index is 0.177. The molecule has 0 spiro atoms. The number of aromatic nitrogens is 2. The standard InChI is InChI=1S/C25H22N4O3S2/c1-16-28-29-25(33-16)27-24(31)22(17-6-4-3-5-7-17)34-21-14-10-19(11-15-21)26-23(30)18-8-12-20(32-2)13-9-18/h3-15,22H,1-2H3,(H,26,30)(H,27,29,31). The topological polar surface area (TPSA) is 93.2 Å². The Bertz CT molecular complexity index is 1260. The number of benzene rings is 3. The van der Waals surface area contributed by atoms with Gasteiger partial charge in [0.2, 0.25) is 11.0 Å². The van der Waals surface area contributed by atoms with Crippen molar-refractivity contribution in [2.45, 2.75) is 17.1 Å². The molecule has 3 aromatic carbocycles. The van der Waals surface area contributed by atoms with Gasteiger partial charge in [0.05, 0.1) is 7.11 Å². The minimum atomic E-state index is -0.481. The molecule has 0 saturated heterocycles. The molecule has 1 aromatic heterocycles. The molecule has 0 radical (unpaired) electrons. The highest BCUT2D eigenvalue weighted by Crippen LogP contribution is 2.37. The van der Waals surface area contributed by atoms with E-state index >= 15 is 0 Å². The Labute approximate surface area is 205 Å². The molecule has 0 aliphatic rings. The quantitative estimate of drug-likeness (QED) is 0.313. The number of rotatable bonds is 8. The number of carbonyl (C=O) groups excluding carboxylic acids is 2. The van der Waals surface area contributed by atoms with Crippen LogP contribution < -0.4 is 15.4 Å². The Balaban J connectivity index is 1.46. The molecule has 0 saturated carbocycles. The summed E-state index contributed by atoms with van der Waals surface area (Å²) in [5.41, 5.74) is 2.07. The fourth-order valence-corrected chi connectivity index (χ4v) is 4.74. The molecule has 0 bridgehead atoms. The lowest BCUT2D eigenvalue weighted by Gasteiger charge is -2.16. The molecule has 34 heavy (non-hydrogen) atoms. The number of nitrogens with one attached hydrogen (secondary N) is 2. The van der Waals surface area contributed by atoms with Gasteiger partial charge in [-0.05, 0) is 61.0 Å². The van der Waals surface area contributed by atoms with Crippen LogP contribution in [0.25, 0.3) is 0 Å². The number of hydrogen-bond acceptors (Lipinski definition) is 7. The molecule has 4 rings (SSSR count). The highest BCUT2D eigenvalue weighted by atomic mass is 32.2. The number of thioether (sulfide) groups is 1. The average Bonchev–Trinajstić information content (AvgIpc) is 3.28. The van der Waals surface area contributed by atoms with Gasteiger partial charge in [-0.3, -0.25) is 14.9 Å². The molecule has 0 fully saturated rings. The molecule has 0 aliphatic heterocycles. The van der Waals surface area contributed by atoms with Crippen molar-refractivity contribution < 1.29 is 14.3 Å². The van der Waals surface area contributed by atoms with Crippen LogP contribution in [0.15, 0.2) is 83.8 Å². The van der Waals surface area contributed by atoms with Crippen LogP contribution >= 0.6 is 23.1 Å². The van der Waals surface area contributed by atoms with Gasteiger partial charge in [0.1, 0.15) is 16.0 Å².